The van der Waals surface area contributed by atoms with Crippen LogP contribution in [0.5, 0.6) is 0 Å². The molecule has 0 bridgehead atoms. The van der Waals surface area contributed by atoms with Gasteiger partial charge in [0.15, 0.2) is 0 Å². The number of hydrogen-bond acceptors (Lipinski definition) is 3. The van der Waals surface area contributed by atoms with Crippen LogP contribution in [0.1, 0.15) is 46.0 Å². The van der Waals surface area contributed by atoms with Crippen molar-refractivity contribution in [3.63, 3.8) is 0 Å². The predicted octanol–water partition coefficient (Wildman–Crippen LogP) is 1.88. The lowest BCUT2D eigenvalue weighted by Crippen LogP contribution is -2.50. The lowest BCUT2D eigenvalue weighted by atomic mass is 9.63. The summed E-state index contributed by atoms with van der Waals surface area (Å²) in [6, 6.07) is 0. The van der Waals surface area contributed by atoms with Crippen molar-refractivity contribution in [3.05, 3.63) is 0 Å². The first-order chi connectivity index (χ1) is 7.96. The van der Waals surface area contributed by atoms with E-state index >= 15 is 0 Å². The second-order valence-electron chi connectivity index (χ2n) is 5.48. The Labute approximate surface area is 103 Å². The van der Waals surface area contributed by atoms with Crippen LogP contribution in [0.2, 0.25) is 0 Å². The fourth-order valence-electron chi connectivity index (χ4n) is 3.91. The average Bonchev–Trinajstić information content (AvgIpc) is 2.76. The normalized spacial score (nSPS) is 44.1. The third-order valence-corrected chi connectivity index (χ3v) is 4.84. The van der Waals surface area contributed by atoms with Crippen LogP contribution in [0.25, 0.3) is 0 Å². The van der Waals surface area contributed by atoms with Crippen LogP contribution < -0.4 is 0 Å². The van der Waals surface area contributed by atoms with Gasteiger partial charge in [0.1, 0.15) is 0 Å². The molecule has 94 valence electrons. The zero-order valence-electron chi connectivity index (χ0n) is 10.6. The number of ether oxygens (including phenoxy) is 1. The zero-order valence-corrected chi connectivity index (χ0v) is 10.6. The summed E-state index contributed by atoms with van der Waals surface area (Å²) in [7, 11) is 0. The van der Waals surface area contributed by atoms with E-state index in [1.807, 2.05) is 0 Å². The summed E-state index contributed by atoms with van der Waals surface area (Å²) in [5, 5.41) is 10.5. The van der Waals surface area contributed by atoms with Crippen molar-refractivity contribution in [1.82, 2.24) is 0 Å². The Bertz CT molecular complexity index is 379. The number of esters is 1. The van der Waals surface area contributed by atoms with Gasteiger partial charge >= 0.3 is 5.97 Å². The monoisotopic (exact) mass is 236 g/mol. The Morgan fingerprint density at radius 3 is 2.71 bits per heavy atom. The molecule has 0 aromatic rings. The summed E-state index contributed by atoms with van der Waals surface area (Å²) < 4.78 is 5.21. The highest BCUT2D eigenvalue weighted by Gasteiger charge is 2.70. The molecule has 0 heterocycles. The summed E-state index contributed by atoms with van der Waals surface area (Å²) in [5.74, 6) is 2.54. The van der Waals surface area contributed by atoms with E-state index in [2.05, 4.69) is 5.92 Å². The van der Waals surface area contributed by atoms with Crippen molar-refractivity contribution in [2.75, 3.05) is 6.61 Å². The summed E-state index contributed by atoms with van der Waals surface area (Å²) in [5.41, 5.74) is -2.33. The topological polar surface area (TPSA) is 46.5 Å². The minimum atomic E-state index is -0.953. The molecule has 2 rings (SSSR count). The maximum atomic E-state index is 12.3. The molecule has 0 unspecified atom stereocenters. The van der Waals surface area contributed by atoms with E-state index in [-0.39, 0.29) is 5.97 Å². The molecule has 2 fully saturated rings. The summed E-state index contributed by atoms with van der Waals surface area (Å²) in [6.45, 7) is 3.93. The molecule has 3 nitrogen and oxygen atoms in total. The van der Waals surface area contributed by atoms with Gasteiger partial charge in [-0.3, -0.25) is 4.79 Å². The quantitative estimate of drug-likeness (QED) is 0.588. The van der Waals surface area contributed by atoms with E-state index in [1.165, 1.54) is 0 Å². The summed E-state index contributed by atoms with van der Waals surface area (Å²) >= 11 is 0. The van der Waals surface area contributed by atoms with Gasteiger partial charge in [-0.15, -0.1) is 6.42 Å². The molecule has 1 N–H and O–H groups in total. The minimum absolute atomic E-state index is 0.215. The van der Waals surface area contributed by atoms with Gasteiger partial charge in [0.2, 0.25) is 0 Å². The minimum Gasteiger partial charge on any atom is -0.466 e. The van der Waals surface area contributed by atoms with Gasteiger partial charge in [-0.1, -0.05) is 12.3 Å². The molecule has 0 aliphatic heterocycles. The number of carbonyl (C=O) groups excluding carboxylic acids is 1. The van der Waals surface area contributed by atoms with E-state index in [9.17, 15) is 9.90 Å². The number of rotatable bonds is 2. The molecule has 0 amide bonds. The first-order valence-corrected chi connectivity index (χ1v) is 6.33. The zero-order chi connectivity index (χ0) is 12.7. The van der Waals surface area contributed by atoms with Crippen molar-refractivity contribution in [1.29, 1.82) is 0 Å². The highest BCUT2D eigenvalue weighted by Crippen LogP contribution is 2.67. The Morgan fingerprint density at radius 2 is 2.12 bits per heavy atom. The second kappa shape index (κ2) is 3.74. The highest BCUT2D eigenvalue weighted by molar-refractivity contribution is 5.80. The molecule has 2 aliphatic carbocycles. The van der Waals surface area contributed by atoms with E-state index in [1.54, 1.807) is 13.8 Å². The Morgan fingerprint density at radius 1 is 1.41 bits per heavy atom. The molecule has 0 spiro atoms. The Balaban J connectivity index is 2.47. The third-order valence-electron chi connectivity index (χ3n) is 4.84. The average molecular weight is 236 g/mol. The van der Waals surface area contributed by atoms with E-state index in [4.69, 9.17) is 11.2 Å². The first kappa shape index (κ1) is 12.4. The van der Waals surface area contributed by atoms with Gasteiger partial charge in [0.25, 0.3) is 0 Å². The Hall–Kier alpha value is -1.01. The van der Waals surface area contributed by atoms with E-state index in [0.717, 1.165) is 19.3 Å². The van der Waals surface area contributed by atoms with Crippen LogP contribution in [0.4, 0.5) is 0 Å². The summed E-state index contributed by atoms with van der Waals surface area (Å²) in [6.07, 6.45) is 9.26. The van der Waals surface area contributed by atoms with Gasteiger partial charge in [0.05, 0.1) is 23.0 Å². The number of fused-ring (bicyclic) bond motifs is 1. The number of carbonyl (C=O) groups is 1. The van der Waals surface area contributed by atoms with Gasteiger partial charge < -0.3 is 9.84 Å². The van der Waals surface area contributed by atoms with Gasteiger partial charge in [0, 0.05) is 0 Å². The smallest absolute Gasteiger partial charge is 0.313 e. The maximum Gasteiger partial charge on any atom is 0.313 e. The van der Waals surface area contributed by atoms with Crippen LogP contribution >= 0.6 is 0 Å². The molecule has 0 radical (unpaired) electrons. The second-order valence-corrected chi connectivity index (χ2v) is 5.48. The van der Waals surface area contributed by atoms with Crippen molar-refractivity contribution >= 4 is 5.97 Å². The number of terminal acetylenes is 1. The highest BCUT2D eigenvalue weighted by atomic mass is 16.5. The van der Waals surface area contributed by atoms with Gasteiger partial charge in [-0.05, 0) is 39.5 Å². The molecular formula is C14H20O3. The van der Waals surface area contributed by atoms with Crippen LogP contribution in [-0.4, -0.2) is 23.3 Å². The van der Waals surface area contributed by atoms with Crippen molar-refractivity contribution in [2.24, 2.45) is 10.8 Å². The molecule has 17 heavy (non-hydrogen) atoms. The number of hydrogen-bond donors (Lipinski definition) is 1. The lowest BCUT2D eigenvalue weighted by molar-refractivity contribution is -0.163. The molecule has 3 atom stereocenters. The van der Waals surface area contributed by atoms with Crippen LogP contribution in [0.15, 0.2) is 0 Å². The van der Waals surface area contributed by atoms with Gasteiger partial charge in [-0.25, -0.2) is 0 Å². The standard InChI is InChI=1S/C14H20O3/c1-4-14-8-6-7-13(14,11(15)17-5-2)10-9-12(14,3)16/h1,16H,5-10H2,2-3H3/t12-,13-,14+/m1/s1. The largest absolute Gasteiger partial charge is 0.466 e. The maximum absolute atomic E-state index is 12.3. The van der Waals surface area contributed by atoms with Crippen LogP contribution in [0, 0.1) is 23.2 Å². The van der Waals surface area contributed by atoms with Gasteiger partial charge in [-0.2, -0.15) is 0 Å². The fourth-order valence-corrected chi connectivity index (χ4v) is 3.91. The van der Waals surface area contributed by atoms with Crippen molar-refractivity contribution in [3.8, 4) is 12.3 Å². The van der Waals surface area contributed by atoms with Crippen LogP contribution in [-0.2, 0) is 9.53 Å². The van der Waals surface area contributed by atoms with E-state index in [0.29, 0.717) is 19.4 Å². The molecule has 2 aliphatic rings. The molecule has 0 aromatic carbocycles. The molecule has 2 saturated carbocycles. The third kappa shape index (κ3) is 1.31. The molecular weight excluding hydrogens is 216 g/mol. The van der Waals surface area contributed by atoms with Crippen molar-refractivity contribution in [2.45, 2.75) is 51.6 Å². The molecule has 0 aromatic heterocycles. The van der Waals surface area contributed by atoms with E-state index < -0.39 is 16.4 Å². The molecule has 0 saturated heterocycles. The Kier molecular flexibility index (Phi) is 2.74. The predicted molar refractivity (Wildman–Crippen MR) is 64.0 cm³/mol. The van der Waals surface area contributed by atoms with Crippen LogP contribution in [0.3, 0.4) is 0 Å². The van der Waals surface area contributed by atoms with Crippen molar-refractivity contribution < 1.29 is 14.6 Å². The SMILES string of the molecule is C#C[C@@]12CCC[C@]1(C(=O)OCC)CC[C@@]2(C)O. The fraction of sp³-hybridized carbons (Fsp3) is 0.786. The first-order valence-electron chi connectivity index (χ1n) is 6.33. The lowest BCUT2D eigenvalue weighted by Gasteiger charge is -2.41. The summed E-state index contributed by atoms with van der Waals surface area (Å²) in [4.78, 5) is 12.3. The number of aliphatic hydroxyl groups is 1. The molecule has 3 heteroatoms.